The largest absolute Gasteiger partial charge is 0.371 e. The summed E-state index contributed by atoms with van der Waals surface area (Å²) in [6.07, 6.45) is 3.96. The second-order valence-corrected chi connectivity index (χ2v) is 10.0. The summed E-state index contributed by atoms with van der Waals surface area (Å²) in [5, 5.41) is 0.205. The molecular weight excluding hydrogens is 447 g/mol. The van der Waals surface area contributed by atoms with E-state index in [-0.39, 0.29) is 47.0 Å². The molecule has 2 aliphatic rings. The fraction of sp³-hybridized carbons (Fsp3) is 0.400. The third kappa shape index (κ3) is 4.14. The standard InChI is InChI=1S/C20H22Cl2N4O3S/c21-16-4-3-5-18(19(16)22)30(28,29)26-12-10-25(11-13-26)20(27)17-14-15(6-7-23-17)24-8-1-2-9-24/h3-7,14H,1-2,8-13H2. The highest BCUT2D eigenvalue weighted by molar-refractivity contribution is 7.89. The molecule has 0 bridgehead atoms. The Hall–Kier alpha value is -1.87. The van der Waals surface area contributed by atoms with Crippen LogP contribution in [-0.2, 0) is 10.0 Å². The molecule has 0 unspecified atom stereocenters. The number of rotatable bonds is 4. The van der Waals surface area contributed by atoms with Gasteiger partial charge in [-0.1, -0.05) is 29.3 Å². The quantitative estimate of drug-likeness (QED) is 0.688. The molecule has 0 aliphatic carbocycles. The monoisotopic (exact) mass is 468 g/mol. The minimum atomic E-state index is -3.79. The molecule has 160 valence electrons. The molecule has 10 heteroatoms. The number of amides is 1. The Bertz CT molecular complexity index is 1050. The molecule has 1 amide bonds. The van der Waals surface area contributed by atoms with Crippen LogP contribution in [-0.4, -0.2) is 67.8 Å². The summed E-state index contributed by atoms with van der Waals surface area (Å²) in [5.74, 6) is -0.186. The molecule has 0 atom stereocenters. The summed E-state index contributed by atoms with van der Waals surface area (Å²) in [6.45, 7) is 2.91. The number of benzene rings is 1. The zero-order valence-electron chi connectivity index (χ0n) is 16.3. The Balaban J connectivity index is 1.45. The molecular formula is C20H22Cl2N4O3S. The molecule has 2 aliphatic heterocycles. The number of halogens is 2. The first-order valence-electron chi connectivity index (χ1n) is 9.82. The minimum absolute atomic E-state index is 0.0144. The van der Waals surface area contributed by atoms with Crippen molar-refractivity contribution in [2.45, 2.75) is 17.7 Å². The van der Waals surface area contributed by atoms with E-state index in [9.17, 15) is 13.2 Å². The molecule has 30 heavy (non-hydrogen) atoms. The Morgan fingerprint density at radius 3 is 2.37 bits per heavy atom. The summed E-state index contributed by atoms with van der Waals surface area (Å²) in [5.41, 5.74) is 1.39. The van der Waals surface area contributed by atoms with Gasteiger partial charge < -0.3 is 9.80 Å². The van der Waals surface area contributed by atoms with Crippen molar-refractivity contribution in [3.05, 3.63) is 52.3 Å². The van der Waals surface area contributed by atoms with Gasteiger partial charge in [0, 0.05) is 51.2 Å². The summed E-state index contributed by atoms with van der Waals surface area (Å²) in [6, 6.07) is 8.28. The molecule has 0 saturated carbocycles. The van der Waals surface area contributed by atoms with Crippen LogP contribution in [0.2, 0.25) is 10.0 Å². The number of hydrogen-bond donors (Lipinski definition) is 0. The first-order valence-corrected chi connectivity index (χ1v) is 12.0. The van der Waals surface area contributed by atoms with Crippen molar-refractivity contribution in [2.24, 2.45) is 0 Å². The third-order valence-electron chi connectivity index (χ3n) is 5.49. The molecule has 0 N–H and O–H groups in total. The van der Waals surface area contributed by atoms with Crippen LogP contribution in [0.15, 0.2) is 41.4 Å². The van der Waals surface area contributed by atoms with Gasteiger partial charge in [0.1, 0.15) is 10.6 Å². The average molecular weight is 469 g/mol. The SMILES string of the molecule is O=C(c1cc(N2CCCC2)ccn1)N1CCN(S(=O)(=O)c2cccc(Cl)c2Cl)CC1. The van der Waals surface area contributed by atoms with Gasteiger partial charge in [0.25, 0.3) is 5.91 Å². The number of anilines is 1. The molecule has 3 heterocycles. The number of sulfonamides is 1. The second kappa shape index (κ2) is 8.70. The number of pyridine rings is 1. The summed E-state index contributed by atoms with van der Waals surface area (Å²) in [4.78, 5) is 21.0. The third-order valence-corrected chi connectivity index (χ3v) is 8.37. The zero-order valence-corrected chi connectivity index (χ0v) is 18.6. The lowest BCUT2D eigenvalue weighted by Gasteiger charge is -2.34. The zero-order chi connectivity index (χ0) is 21.3. The van der Waals surface area contributed by atoms with E-state index in [1.807, 2.05) is 12.1 Å². The van der Waals surface area contributed by atoms with E-state index in [0.717, 1.165) is 31.6 Å². The number of piperazine rings is 1. The van der Waals surface area contributed by atoms with Gasteiger partial charge in [-0.05, 0) is 37.1 Å². The van der Waals surface area contributed by atoms with Crippen molar-refractivity contribution < 1.29 is 13.2 Å². The van der Waals surface area contributed by atoms with Gasteiger partial charge in [0.15, 0.2) is 0 Å². The molecule has 2 aromatic rings. The van der Waals surface area contributed by atoms with E-state index in [2.05, 4.69) is 9.88 Å². The molecule has 4 rings (SSSR count). The predicted molar refractivity (Wildman–Crippen MR) is 117 cm³/mol. The van der Waals surface area contributed by atoms with Gasteiger partial charge >= 0.3 is 0 Å². The first-order chi connectivity index (χ1) is 14.4. The summed E-state index contributed by atoms with van der Waals surface area (Å²) in [7, 11) is -3.79. The van der Waals surface area contributed by atoms with Crippen LogP contribution in [0.25, 0.3) is 0 Å². The Labute approximate surface area is 186 Å². The number of carbonyl (C=O) groups excluding carboxylic acids is 1. The molecule has 2 fully saturated rings. The topological polar surface area (TPSA) is 73.8 Å². The lowest BCUT2D eigenvalue weighted by Crippen LogP contribution is -2.50. The molecule has 0 spiro atoms. The molecule has 1 aromatic carbocycles. The number of carbonyl (C=O) groups is 1. The summed E-state index contributed by atoms with van der Waals surface area (Å²) >= 11 is 12.1. The minimum Gasteiger partial charge on any atom is -0.371 e. The number of nitrogens with zero attached hydrogens (tertiary/aromatic N) is 4. The van der Waals surface area contributed by atoms with Gasteiger partial charge in [0.05, 0.1) is 10.0 Å². The highest BCUT2D eigenvalue weighted by Crippen LogP contribution is 2.31. The van der Waals surface area contributed by atoms with Gasteiger partial charge in [0.2, 0.25) is 10.0 Å². The maximum Gasteiger partial charge on any atom is 0.272 e. The number of aromatic nitrogens is 1. The maximum absolute atomic E-state index is 13.0. The molecule has 0 radical (unpaired) electrons. The van der Waals surface area contributed by atoms with Crippen molar-refractivity contribution in [2.75, 3.05) is 44.2 Å². The van der Waals surface area contributed by atoms with E-state index < -0.39 is 10.0 Å². The van der Waals surface area contributed by atoms with Gasteiger partial charge in [-0.2, -0.15) is 4.31 Å². The maximum atomic E-state index is 13.0. The Morgan fingerprint density at radius 1 is 0.967 bits per heavy atom. The van der Waals surface area contributed by atoms with Crippen LogP contribution in [0.3, 0.4) is 0 Å². The molecule has 2 saturated heterocycles. The van der Waals surface area contributed by atoms with Crippen molar-refractivity contribution in [1.82, 2.24) is 14.2 Å². The van der Waals surface area contributed by atoms with Crippen LogP contribution >= 0.6 is 23.2 Å². The average Bonchev–Trinajstić information content (AvgIpc) is 3.30. The number of hydrogen-bond acceptors (Lipinski definition) is 5. The van der Waals surface area contributed by atoms with Gasteiger partial charge in [-0.15, -0.1) is 0 Å². The molecule has 1 aromatic heterocycles. The molecule has 7 nitrogen and oxygen atoms in total. The van der Waals surface area contributed by atoms with Crippen molar-refractivity contribution in [3.8, 4) is 0 Å². The van der Waals surface area contributed by atoms with Crippen LogP contribution in [0.5, 0.6) is 0 Å². The van der Waals surface area contributed by atoms with Gasteiger partial charge in [-0.25, -0.2) is 8.42 Å². The summed E-state index contributed by atoms with van der Waals surface area (Å²) < 4.78 is 27.3. The predicted octanol–water partition coefficient (Wildman–Crippen LogP) is 3.14. The van der Waals surface area contributed by atoms with E-state index in [1.54, 1.807) is 23.2 Å². The van der Waals surface area contributed by atoms with Crippen molar-refractivity contribution in [1.29, 1.82) is 0 Å². The van der Waals surface area contributed by atoms with E-state index in [0.29, 0.717) is 5.69 Å². The van der Waals surface area contributed by atoms with Crippen molar-refractivity contribution >= 4 is 44.8 Å². The van der Waals surface area contributed by atoms with Crippen LogP contribution in [0.1, 0.15) is 23.3 Å². The highest BCUT2D eigenvalue weighted by atomic mass is 35.5. The van der Waals surface area contributed by atoms with E-state index in [1.165, 1.54) is 10.4 Å². The fourth-order valence-electron chi connectivity index (χ4n) is 3.82. The van der Waals surface area contributed by atoms with Gasteiger partial charge in [-0.3, -0.25) is 9.78 Å². The lowest BCUT2D eigenvalue weighted by molar-refractivity contribution is 0.0692. The normalized spacial score (nSPS) is 18.1. The highest BCUT2D eigenvalue weighted by Gasteiger charge is 2.32. The lowest BCUT2D eigenvalue weighted by atomic mass is 10.2. The van der Waals surface area contributed by atoms with Crippen LogP contribution in [0, 0.1) is 0 Å². The second-order valence-electron chi connectivity index (χ2n) is 7.34. The fourth-order valence-corrected chi connectivity index (χ4v) is 5.98. The Morgan fingerprint density at radius 2 is 1.67 bits per heavy atom. The van der Waals surface area contributed by atoms with Crippen LogP contribution in [0.4, 0.5) is 5.69 Å². The van der Waals surface area contributed by atoms with Crippen LogP contribution < -0.4 is 4.90 Å². The smallest absolute Gasteiger partial charge is 0.272 e. The Kier molecular flexibility index (Phi) is 6.20. The van der Waals surface area contributed by atoms with Crippen molar-refractivity contribution in [3.63, 3.8) is 0 Å². The van der Waals surface area contributed by atoms with E-state index >= 15 is 0 Å². The van der Waals surface area contributed by atoms with E-state index in [4.69, 9.17) is 23.2 Å². The first kappa shape index (κ1) is 21.4.